The van der Waals surface area contributed by atoms with Crippen LogP contribution in [0.25, 0.3) is 0 Å². The molecule has 0 N–H and O–H groups in total. The number of hydrogen-bond acceptors (Lipinski definition) is 4. The zero-order valence-electron chi connectivity index (χ0n) is 17.8. The first kappa shape index (κ1) is 22.6. The van der Waals surface area contributed by atoms with Crippen molar-refractivity contribution in [3.8, 4) is 5.75 Å². The topological polar surface area (TPSA) is 63.7 Å². The van der Waals surface area contributed by atoms with Crippen molar-refractivity contribution in [3.05, 3.63) is 90.0 Å². The number of rotatable bonds is 9. The van der Waals surface area contributed by atoms with Gasteiger partial charge in [-0.15, -0.1) is 0 Å². The van der Waals surface area contributed by atoms with Crippen molar-refractivity contribution in [2.45, 2.75) is 38.0 Å². The normalized spacial score (nSPS) is 11.2. The number of ether oxygens (including phenoxy) is 1. The molecule has 0 bridgehead atoms. The van der Waals surface area contributed by atoms with E-state index in [2.05, 4.69) is 6.92 Å². The van der Waals surface area contributed by atoms with Crippen molar-refractivity contribution >= 4 is 21.6 Å². The molecule has 1 amide bonds. The molecule has 0 saturated heterocycles. The lowest BCUT2D eigenvalue weighted by molar-refractivity contribution is -0.119. The van der Waals surface area contributed by atoms with E-state index in [0.29, 0.717) is 11.4 Å². The first-order chi connectivity index (χ1) is 14.9. The Morgan fingerprint density at radius 3 is 2.16 bits per heavy atom. The van der Waals surface area contributed by atoms with Gasteiger partial charge in [0.05, 0.1) is 10.6 Å². The molecule has 162 valence electrons. The summed E-state index contributed by atoms with van der Waals surface area (Å²) >= 11 is 0. The molecule has 0 aliphatic heterocycles. The number of carbonyl (C=O) groups excluding carboxylic acids is 1. The van der Waals surface area contributed by atoms with Crippen LogP contribution in [0, 0.1) is 6.92 Å². The minimum atomic E-state index is -4.10. The fourth-order valence-electron chi connectivity index (χ4n) is 3.13. The third kappa shape index (κ3) is 5.73. The van der Waals surface area contributed by atoms with Crippen molar-refractivity contribution in [1.29, 1.82) is 0 Å². The largest absolute Gasteiger partial charge is 0.484 e. The monoisotopic (exact) mass is 437 g/mol. The second-order valence-corrected chi connectivity index (χ2v) is 9.13. The lowest BCUT2D eigenvalue weighted by Crippen LogP contribution is -2.40. The SMILES string of the molecule is CCCCc1ccc(N(C(=O)COc2ccccc2)S(=O)(=O)c2ccc(C)cc2)cc1. The predicted octanol–water partition coefficient (Wildman–Crippen LogP) is 5.14. The number of hydrogen-bond donors (Lipinski definition) is 0. The van der Waals surface area contributed by atoms with E-state index >= 15 is 0 Å². The molecule has 0 spiro atoms. The molecule has 0 unspecified atom stereocenters. The third-order valence-corrected chi connectivity index (χ3v) is 6.64. The van der Waals surface area contributed by atoms with E-state index in [-0.39, 0.29) is 4.90 Å². The van der Waals surface area contributed by atoms with Crippen LogP contribution in [0.3, 0.4) is 0 Å². The van der Waals surface area contributed by atoms with Crippen LogP contribution in [0.15, 0.2) is 83.8 Å². The summed E-state index contributed by atoms with van der Waals surface area (Å²) in [5.74, 6) is -0.163. The fraction of sp³-hybridized carbons (Fsp3) is 0.240. The number of sulfonamides is 1. The van der Waals surface area contributed by atoms with Gasteiger partial charge in [-0.25, -0.2) is 8.42 Å². The number of anilines is 1. The highest BCUT2D eigenvalue weighted by atomic mass is 32.2. The van der Waals surface area contributed by atoms with Gasteiger partial charge in [-0.1, -0.05) is 61.4 Å². The van der Waals surface area contributed by atoms with Crippen LogP contribution in [0.4, 0.5) is 5.69 Å². The minimum Gasteiger partial charge on any atom is -0.484 e. The summed E-state index contributed by atoms with van der Waals surface area (Å²) in [5.41, 5.74) is 2.33. The molecule has 0 aliphatic carbocycles. The van der Waals surface area contributed by atoms with E-state index < -0.39 is 22.5 Å². The van der Waals surface area contributed by atoms with Gasteiger partial charge in [0.15, 0.2) is 6.61 Å². The molecule has 5 nitrogen and oxygen atoms in total. The Morgan fingerprint density at radius 2 is 1.55 bits per heavy atom. The van der Waals surface area contributed by atoms with Gasteiger partial charge in [0.25, 0.3) is 15.9 Å². The second-order valence-electron chi connectivity index (χ2n) is 7.35. The summed E-state index contributed by atoms with van der Waals surface area (Å²) in [7, 11) is -4.10. The molecule has 6 heteroatoms. The second kappa shape index (κ2) is 10.3. The minimum absolute atomic E-state index is 0.0567. The molecule has 0 saturated carbocycles. The average molecular weight is 438 g/mol. The quantitative estimate of drug-likeness (QED) is 0.465. The summed E-state index contributed by atoms with van der Waals surface area (Å²) < 4.78 is 33.2. The Balaban J connectivity index is 1.92. The highest BCUT2D eigenvalue weighted by Crippen LogP contribution is 2.25. The van der Waals surface area contributed by atoms with Crippen LogP contribution in [-0.4, -0.2) is 20.9 Å². The van der Waals surface area contributed by atoms with Gasteiger partial charge < -0.3 is 4.74 Å². The van der Waals surface area contributed by atoms with Gasteiger partial charge in [0, 0.05) is 0 Å². The zero-order chi connectivity index (χ0) is 22.3. The lowest BCUT2D eigenvalue weighted by Gasteiger charge is -2.23. The Kier molecular flexibility index (Phi) is 7.47. The maximum absolute atomic E-state index is 13.4. The molecule has 0 fully saturated rings. The maximum atomic E-state index is 13.4. The number of para-hydroxylation sites is 1. The molecule has 0 radical (unpaired) electrons. The van der Waals surface area contributed by atoms with Crippen molar-refractivity contribution < 1.29 is 17.9 Å². The number of aryl methyl sites for hydroxylation is 2. The Labute approximate surface area is 184 Å². The van der Waals surface area contributed by atoms with Gasteiger partial charge in [-0.2, -0.15) is 4.31 Å². The van der Waals surface area contributed by atoms with Gasteiger partial charge in [0.1, 0.15) is 5.75 Å². The smallest absolute Gasteiger partial charge is 0.278 e. The van der Waals surface area contributed by atoms with Gasteiger partial charge in [-0.3, -0.25) is 4.79 Å². The van der Waals surface area contributed by atoms with Crippen molar-refractivity contribution in [2.75, 3.05) is 10.9 Å². The molecule has 3 aromatic carbocycles. The van der Waals surface area contributed by atoms with E-state index in [4.69, 9.17) is 4.74 Å². The molecule has 0 atom stereocenters. The molecule has 0 heterocycles. The first-order valence-corrected chi connectivity index (χ1v) is 11.8. The van der Waals surface area contributed by atoms with Crippen molar-refractivity contribution in [2.24, 2.45) is 0 Å². The summed E-state index contributed by atoms with van der Waals surface area (Å²) in [5, 5.41) is 0. The van der Waals surface area contributed by atoms with E-state index in [9.17, 15) is 13.2 Å². The summed E-state index contributed by atoms with van der Waals surface area (Å²) in [6.07, 6.45) is 3.03. The van der Waals surface area contributed by atoms with Crippen molar-refractivity contribution in [3.63, 3.8) is 0 Å². The van der Waals surface area contributed by atoms with E-state index in [0.717, 1.165) is 34.7 Å². The number of amides is 1. The third-order valence-electron chi connectivity index (χ3n) is 4.88. The maximum Gasteiger partial charge on any atom is 0.278 e. The Morgan fingerprint density at radius 1 is 0.903 bits per heavy atom. The standard InChI is InChI=1S/C25H27NO4S/c1-3-4-8-21-13-15-22(16-14-21)26(25(27)19-30-23-9-6-5-7-10-23)31(28,29)24-17-11-20(2)12-18-24/h5-7,9-18H,3-4,8,19H2,1-2H3. The summed E-state index contributed by atoms with van der Waals surface area (Å²) in [6.45, 7) is 3.60. The van der Waals surface area contributed by atoms with E-state index in [1.165, 1.54) is 12.1 Å². The van der Waals surface area contributed by atoms with Crippen LogP contribution in [0.1, 0.15) is 30.9 Å². The fourth-order valence-corrected chi connectivity index (χ4v) is 4.54. The molecule has 3 rings (SSSR count). The molecule has 31 heavy (non-hydrogen) atoms. The highest BCUT2D eigenvalue weighted by Gasteiger charge is 2.31. The number of unbranched alkanes of at least 4 members (excludes halogenated alkanes) is 1. The van der Waals surface area contributed by atoms with Crippen LogP contribution < -0.4 is 9.04 Å². The summed E-state index contributed by atoms with van der Waals surface area (Å²) in [6, 6.07) is 22.4. The van der Waals surface area contributed by atoms with Gasteiger partial charge in [0.2, 0.25) is 0 Å². The predicted molar refractivity (Wildman–Crippen MR) is 123 cm³/mol. The summed E-state index contributed by atoms with van der Waals surface area (Å²) in [4.78, 5) is 13.1. The molecule has 0 aliphatic rings. The Hall–Kier alpha value is -3.12. The van der Waals surface area contributed by atoms with E-state index in [1.54, 1.807) is 48.5 Å². The first-order valence-electron chi connectivity index (χ1n) is 10.3. The number of nitrogens with zero attached hydrogens (tertiary/aromatic N) is 1. The van der Waals surface area contributed by atoms with Crippen LogP contribution in [0.2, 0.25) is 0 Å². The average Bonchev–Trinajstić information content (AvgIpc) is 2.78. The molecule has 0 aromatic heterocycles. The molecular formula is C25H27NO4S. The van der Waals surface area contributed by atoms with Crippen molar-refractivity contribution in [1.82, 2.24) is 0 Å². The Bertz CT molecular complexity index is 1090. The van der Waals surface area contributed by atoms with E-state index in [1.807, 2.05) is 25.1 Å². The zero-order valence-corrected chi connectivity index (χ0v) is 18.6. The van der Waals surface area contributed by atoms with Crippen LogP contribution in [-0.2, 0) is 21.2 Å². The van der Waals surface area contributed by atoms with Crippen LogP contribution >= 0.6 is 0 Å². The highest BCUT2D eigenvalue weighted by molar-refractivity contribution is 7.93. The number of benzene rings is 3. The van der Waals surface area contributed by atoms with Gasteiger partial charge in [-0.05, 0) is 61.7 Å². The molecule has 3 aromatic rings. The van der Waals surface area contributed by atoms with Crippen LogP contribution in [0.5, 0.6) is 5.75 Å². The lowest BCUT2D eigenvalue weighted by atomic mass is 10.1. The molecular weight excluding hydrogens is 410 g/mol. The number of carbonyl (C=O) groups is 1. The van der Waals surface area contributed by atoms with Gasteiger partial charge >= 0.3 is 0 Å².